The predicted octanol–water partition coefficient (Wildman–Crippen LogP) is 3.96. The van der Waals surface area contributed by atoms with E-state index in [0.29, 0.717) is 18.7 Å². The maximum Gasteiger partial charge on any atom is 0.251 e. The van der Waals surface area contributed by atoms with E-state index in [1.165, 1.54) is 10.5 Å². The lowest BCUT2D eigenvalue weighted by atomic mass is 10.1. The second-order valence-corrected chi connectivity index (χ2v) is 6.98. The lowest BCUT2D eigenvalue weighted by Gasteiger charge is -2.10. The third-order valence-corrected chi connectivity index (χ3v) is 4.78. The molecule has 3 nitrogen and oxygen atoms in total. The van der Waals surface area contributed by atoms with Crippen LogP contribution >= 0.6 is 23.4 Å². The van der Waals surface area contributed by atoms with E-state index >= 15 is 0 Å². The van der Waals surface area contributed by atoms with Crippen molar-refractivity contribution in [3.05, 3.63) is 64.7 Å². The number of carbonyl (C=O) groups is 1. The second kappa shape index (κ2) is 8.96. The average Bonchev–Trinajstić information content (AvgIpc) is 2.59. The molecular weight excluding hydrogens is 328 g/mol. The topological polar surface area (TPSA) is 55.1 Å². The highest BCUT2D eigenvalue weighted by atomic mass is 35.5. The number of hydrogen-bond acceptors (Lipinski definition) is 3. The van der Waals surface area contributed by atoms with Crippen LogP contribution in [0, 0.1) is 5.92 Å². The van der Waals surface area contributed by atoms with Gasteiger partial charge in [0.2, 0.25) is 0 Å². The Kier molecular flexibility index (Phi) is 6.96. The SMILES string of the molecule is CC(CN)CNC(=O)c1ccc(CSc2ccc(Cl)cc2)cc1. The highest BCUT2D eigenvalue weighted by molar-refractivity contribution is 7.98. The number of nitrogens with one attached hydrogen (secondary N) is 1. The Morgan fingerprint density at radius 3 is 2.43 bits per heavy atom. The first-order valence-corrected chi connectivity index (χ1v) is 8.90. The number of rotatable bonds is 7. The number of hydrogen-bond donors (Lipinski definition) is 2. The summed E-state index contributed by atoms with van der Waals surface area (Å²) in [5.41, 5.74) is 7.40. The van der Waals surface area contributed by atoms with E-state index < -0.39 is 0 Å². The number of amides is 1. The van der Waals surface area contributed by atoms with E-state index in [2.05, 4.69) is 5.32 Å². The number of halogens is 1. The Hall–Kier alpha value is -1.49. The molecule has 0 aliphatic rings. The summed E-state index contributed by atoms with van der Waals surface area (Å²) in [6, 6.07) is 15.5. The molecule has 0 saturated heterocycles. The summed E-state index contributed by atoms with van der Waals surface area (Å²) in [6.07, 6.45) is 0. The number of nitrogens with two attached hydrogens (primary N) is 1. The van der Waals surface area contributed by atoms with Crippen molar-refractivity contribution < 1.29 is 4.79 Å². The van der Waals surface area contributed by atoms with Gasteiger partial charge in [-0.2, -0.15) is 0 Å². The van der Waals surface area contributed by atoms with E-state index in [1.807, 2.05) is 55.5 Å². The Bertz CT molecular complexity index is 628. The summed E-state index contributed by atoms with van der Waals surface area (Å²) < 4.78 is 0. The zero-order valence-electron chi connectivity index (χ0n) is 13.1. The molecule has 2 aromatic rings. The van der Waals surface area contributed by atoms with Gasteiger partial charge < -0.3 is 11.1 Å². The number of benzene rings is 2. The van der Waals surface area contributed by atoms with Gasteiger partial charge in [-0.25, -0.2) is 0 Å². The highest BCUT2D eigenvalue weighted by Gasteiger charge is 2.07. The summed E-state index contributed by atoms with van der Waals surface area (Å²) >= 11 is 7.62. The number of thioether (sulfide) groups is 1. The molecule has 0 bridgehead atoms. The van der Waals surface area contributed by atoms with Crippen molar-refractivity contribution in [3.8, 4) is 0 Å². The molecule has 0 aromatic heterocycles. The first-order chi connectivity index (χ1) is 11.1. The third-order valence-electron chi connectivity index (χ3n) is 3.45. The lowest BCUT2D eigenvalue weighted by Crippen LogP contribution is -2.31. The smallest absolute Gasteiger partial charge is 0.251 e. The van der Waals surface area contributed by atoms with Crippen molar-refractivity contribution in [1.29, 1.82) is 0 Å². The molecule has 1 unspecified atom stereocenters. The fourth-order valence-corrected chi connectivity index (χ4v) is 2.88. The summed E-state index contributed by atoms with van der Waals surface area (Å²) in [6.45, 7) is 3.18. The molecule has 0 aliphatic heterocycles. The molecule has 122 valence electrons. The Balaban J connectivity index is 1.86. The molecule has 1 atom stereocenters. The first kappa shape index (κ1) is 17.9. The highest BCUT2D eigenvalue weighted by Crippen LogP contribution is 2.24. The van der Waals surface area contributed by atoms with Crippen LogP contribution in [0.2, 0.25) is 5.02 Å². The first-order valence-electron chi connectivity index (χ1n) is 7.54. The summed E-state index contributed by atoms with van der Waals surface area (Å²) in [5.74, 6) is 1.09. The van der Waals surface area contributed by atoms with Gasteiger partial charge in [0.05, 0.1) is 0 Å². The van der Waals surface area contributed by atoms with Gasteiger partial charge in [-0.15, -0.1) is 11.8 Å². The zero-order chi connectivity index (χ0) is 16.7. The van der Waals surface area contributed by atoms with Crippen LogP contribution in [0.25, 0.3) is 0 Å². The van der Waals surface area contributed by atoms with Crippen molar-refractivity contribution in [1.82, 2.24) is 5.32 Å². The molecule has 23 heavy (non-hydrogen) atoms. The molecule has 0 fully saturated rings. The Morgan fingerprint density at radius 2 is 1.83 bits per heavy atom. The van der Waals surface area contributed by atoms with Gasteiger partial charge in [0, 0.05) is 27.8 Å². The Morgan fingerprint density at radius 1 is 1.17 bits per heavy atom. The number of carbonyl (C=O) groups excluding carboxylic acids is 1. The maximum absolute atomic E-state index is 12.0. The van der Waals surface area contributed by atoms with Crippen molar-refractivity contribution in [2.24, 2.45) is 11.7 Å². The second-order valence-electron chi connectivity index (χ2n) is 5.49. The molecule has 0 radical (unpaired) electrons. The fraction of sp³-hybridized carbons (Fsp3) is 0.278. The molecule has 2 rings (SSSR count). The van der Waals surface area contributed by atoms with E-state index in [9.17, 15) is 4.79 Å². The van der Waals surface area contributed by atoms with Crippen molar-refractivity contribution in [2.75, 3.05) is 13.1 Å². The molecule has 1 amide bonds. The largest absolute Gasteiger partial charge is 0.352 e. The maximum atomic E-state index is 12.0. The quantitative estimate of drug-likeness (QED) is 0.745. The predicted molar refractivity (Wildman–Crippen MR) is 98.0 cm³/mol. The van der Waals surface area contributed by atoms with Crippen LogP contribution in [0.3, 0.4) is 0 Å². The minimum atomic E-state index is -0.0535. The van der Waals surface area contributed by atoms with Crippen LogP contribution in [-0.4, -0.2) is 19.0 Å². The zero-order valence-corrected chi connectivity index (χ0v) is 14.7. The molecule has 0 spiro atoms. The van der Waals surface area contributed by atoms with Gasteiger partial charge in [0.25, 0.3) is 5.91 Å². The van der Waals surface area contributed by atoms with E-state index in [0.717, 1.165) is 10.8 Å². The Labute approximate surface area is 146 Å². The van der Waals surface area contributed by atoms with E-state index in [1.54, 1.807) is 11.8 Å². The van der Waals surface area contributed by atoms with Crippen molar-refractivity contribution in [3.63, 3.8) is 0 Å². The molecule has 0 aliphatic carbocycles. The van der Waals surface area contributed by atoms with Gasteiger partial charge in [-0.05, 0) is 54.4 Å². The van der Waals surface area contributed by atoms with Crippen LogP contribution in [0.5, 0.6) is 0 Å². The van der Waals surface area contributed by atoms with E-state index in [4.69, 9.17) is 17.3 Å². The molecule has 0 saturated carbocycles. The third kappa shape index (κ3) is 5.90. The summed E-state index contributed by atoms with van der Waals surface area (Å²) in [5, 5.41) is 3.64. The monoisotopic (exact) mass is 348 g/mol. The van der Waals surface area contributed by atoms with Gasteiger partial charge in [-0.1, -0.05) is 30.7 Å². The molecule has 2 aromatic carbocycles. The lowest BCUT2D eigenvalue weighted by molar-refractivity contribution is 0.0948. The van der Waals surface area contributed by atoms with Crippen LogP contribution < -0.4 is 11.1 Å². The van der Waals surface area contributed by atoms with Gasteiger partial charge in [0.1, 0.15) is 0 Å². The van der Waals surface area contributed by atoms with Crippen LogP contribution in [-0.2, 0) is 5.75 Å². The van der Waals surface area contributed by atoms with Crippen molar-refractivity contribution >= 4 is 29.3 Å². The minimum Gasteiger partial charge on any atom is -0.352 e. The summed E-state index contributed by atoms with van der Waals surface area (Å²) in [7, 11) is 0. The molecule has 5 heteroatoms. The molecule has 3 N–H and O–H groups in total. The normalized spacial score (nSPS) is 12.0. The van der Waals surface area contributed by atoms with Gasteiger partial charge >= 0.3 is 0 Å². The van der Waals surface area contributed by atoms with Crippen LogP contribution in [0.1, 0.15) is 22.8 Å². The molecule has 0 heterocycles. The average molecular weight is 349 g/mol. The van der Waals surface area contributed by atoms with Gasteiger partial charge in [-0.3, -0.25) is 4.79 Å². The fourth-order valence-electron chi connectivity index (χ4n) is 1.90. The standard InChI is InChI=1S/C18H21ClN2OS/c1-13(10-20)11-21-18(22)15-4-2-14(3-5-15)12-23-17-8-6-16(19)7-9-17/h2-9,13H,10-12,20H2,1H3,(H,21,22). The molecular formula is C18H21ClN2OS. The van der Waals surface area contributed by atoms with Crippen LogP contribution in [0.4, 0.5) is 0 Å². The van der Waals surface area contributed by atoms with Crippen LogP contribution in [0.15, 0.2) is 53.4 Å². The van der Waals surface area contributed by atoms with E-state index in [-0.39, 0.29) is 11.8 Å². The summed E-state index contributed by atoms with van der Waals surface area (Å²) in [4.78, 5) is 13.2. The van der Waals surface area contributed by atoms with Crippen molar-refractivity contribution in [2.45, 2.75) is 17.6 Å². The van der Waals surface area contributed by atoms with Gasteiger partial charge in [0.15, 0.2) is 0 Å². The minimum absolute atomic E-state index is 0.0535.